The number of hydrogen-bond acceptors (Lipinski definition) is 0. The molecule has 0 spiro atoms. The van der Waals surface area contributed by atoms with E-state index in [2.05, 4.69) is 24.9 Å². The van der Waals surface area contributed by atoms with Crippen LogP contribution in [0, 0.1) is 13.8 Å². The number of halogens is 2. The second kappa shape index (κ2) is 5.03. The third kappa shape index (κ3) is 3.27. The van der Waals surface area contributed by atoms with Crippen molar-refractivity contribution in [2.75, 3.05) is 0 Å². The molecule has 55 valence electrons. The van der Waals surface area contributed by atoms with Crippen molar-refractivity contribution < 1.29 is 8.63 Å². The smallest absolute Gasteiger partial charge is 0.365 e. The maximum atomic E-state index is 9.50. The fourth-order valence-electron chi connectivity index (χ4n) is 0.531. The van der Waals surface area contributed by atoms with Crippen LogP contribution in [0.4, 0.5) is 8.63 Å². The summed E-state index contributed by atoms with van der Waals surface area (Å²) in [6.07, 6.45) is 1.95. The number of aromatic nitrogens is 1. The van der Waals surface area contributed by atoms with Gasteiger partial charge in [0.2, 0.25) is 0 Å². The van der Waals surface area contributed by atoms with Gasteiger partial charge in [-0.05, 0) is 25.5 Å². The van der Waals surface area contributed by atoms with E-state index in [0.29, 0.717) is 0 Å². The summed E-state index contributed by atoms with van der Waals surface area (Å²) in [7, 11) is -1.00. The van der Waals surface area contributed by atoms with Crippen LogP contribution in [0.1, 0.15) is 11.3 Å². The average Bonchev–Trinajstić information content (AvgIpc) is 2.19. The average molecular weight is 144 g/mol. The number of aryl methyl sites for hydroxylation is 2. The lowest BCUT2D eigenvalue weighted by Crippen LogP contribution is -1.69. The van der Waals surface area contributed by atoms with Crippen LogP contribution in [-0.2, 0) is 0 Å². The van der Waals surface area contributed by atoms with E-state index in [9.17, 15) is 8.63 Å². The van der Waals surface area contributed by atoms with Crippen LogP contribution in [0.2, 0.25) is 0 Å². The Morgan fingerprint density at radius 3 is 2.00 bits per heavy atom. The van der Waals surface area contributed by atoms with Gasteiger partial charge in [0.1, 0.15) is 0 Å². The molecule has 0 amide bonds. The second-order valence-electron chi connectivity index (χ2n) is 1.87. The molecule has 0 atom stereocenters. The number of hydrogen-bond donors (Lipinski definition) is 1. The number of H-pyrrole nitrogens is 1. The van der Waals surface area contributed by atoms with Crippen molar-refractivity contribution in [2.24, 2.45) is 0 Å². The lowest BCUT2D eigenvalue weighted by molar-refractivity contribution is 0.712. The van der Waals surface area contributed by atoms with Crippen LogP contribution in [0.15, 0.2) is 12.3 Å². The van der Waals surface area contributed by atoms with Crippen molar-refractivity contribution in [1.29, 1.82) is 0 Å². The first-order valence-corrected chi connectivity index (χ1v) is 2.85. The van der Waals surface area contributed by atoms with Gasteiger partial charge < -0.3 is 4.98 Å². The van der Waals surface area contributed by atoms with Gasteiger partial charge in [-0.15, -0.1) is 0 Å². The fourth-order valence-corrected chi connectivity index (χ4v) is 0.531. The molecule has 0 bridgehead atoms. The number of nitrogens with one attached hydrogen (secondary N) is 1. The van der Waals surface area contributed by atoms with E-state index in [0.717, 1.165) is 0 Å². The van der Waals surface area contributed by atoms with Crippen molar-refractivity contribution in [1.82, 2.24) is 4.98 Å². The van der Waals surface area contributed by atoms with E-state index in [1.165, 1.54) is 11.3 Å². The highest BCUT2D eigenvalue weighted by molar-refractivity contribution is 6.15. The van der Waals surface area contributed by atoms with Crippen LogP contribution in [0.25, 0.3) is 0 Å². The molecule has 10 heavy (non-hydrogen) atoms. The van der Waals surface area contributed by atoms with Crippen molar-refractivity contribution in [3.63, 3.8) is 0 Å². The number of rotatable bonds is 0. The summed E-state index contributed by atoms with van der Waals surface area (Å²) in [6, 6.07) is 2.06. The summed E-state index contributed by atoms with van der Waals surface area (Å²) in [5.74, 6) is 0. The summed E-state index contributed by atoms with van der Waals surface area (Å²) in [4.78, 5) is 3.07. The van der Waals surface area contributed by atoms with Crippen LogP contribution >= 0.6 is 0 Å². The molecule has 0 fully saturated rings. The molecule has 4 heteroatoms. The van der Waals surface area contributed by atoms with Crippen LogP contribution in [0.3, 0.4) is 0 Å². The summed E-state index contributed by atoms with van der Waals surface area (Å²) >= 11 is 0. The Morgan fingerprint density at radius 2 is 1.90 bits per heavy atom. The molecule has 0 aromatic carbocycles. The quantitative estimate of drug-likeness (QED) is 0.536. The molecule has 1 radical (unpaired) electrons. The standard InChI is InChI=1S/C6H9N.BF2/c1-5-3-4-7-6(5)2;2-1-3/h3-4,7H,1-2H3;. The molecule has 1 rings (SSSR count). The normalized spacial score (nSPS) is 8.00. The molecule has 1 N–H and O–H groups in total. The number of aromatic amines is 1. The summed E-state index contributed by atoms with van der Waals surface area (Å²) < 4.78 is 19.0. The van der Waals surface area contributed by atoms with E-state index in [-0.39, 0.29) is 0 Å². The van der Waals surface area contributed by atoms with Crippen molar-refractivity contribution in [3.8, 4) is 0 Å². The Morgan fingerprint density at radius 1 is 1.40 bits per heavy atom. The molecule has 0 aliphatic rings. The zero-order valence-electron chi connectivity index (χ0n) is 5.99. The third-order valence-electron chi connectivity index (χ3n) is 1.22. The SMILES string of the molecule is Cc1cc[nH]c1C.F[B]F. The molecule has 0 saturated carbocycles. The van der Waals surface area contributed by atoms with E-state index < -0.39 is 7.83 Å². The summed E-state index contributed by atoms with van der Waals surface area (Å²) in [6.45, 7) is 4.15. The molecule has 1 aromatic rings. The molecule has 0 saturated heterocycles. The molecular formula is C6H9BF2N. The van der Waals surface area contributed by atoms with Crippen molar-refractivity contribution in [3.05, 3.63) is 23.5 Å². The van der Waals surface area contributed by atoms with Crippen LogP contribution in [0.5, 0.6) is 0 Å². The Labute approximate surface area is 59.8 Å². The minimum Gasteiger partial charge on any atom is -0.365 e. The largest absolute Gasteiger partial charge is 0.577 e. The Hall–Kier alpha value is -0.795. The topological polar surface area (TPSA) is 15.8 Å². The van der Waals surface area contributed by atoms with Crippen LogP contribution in [-0.4, -0.2) is 12.8 Å². The summed E-state index contributed by atoms with van der Waals surface area (Å²) in [5.41, 5.74) is 2.60. The van der Waals surface area contributed by atoms with Gasteiger partial charge >= 0.3 is 7.83 Å². The molecule has 0 aliphatic heterocycles. The maximum Gasteiger partial charge on any atom is 0.577 e. The summed E-state index contributed by atoms with van der Waals surface area (Å²) in [5, 5.41) is 0. The molecule has 1 heterocycles. The minimum absolute atomic E-state index is 1.00. The van der Waals surface area contributed by atoms with Gasteiger partial charge in [-0.2, -0.15) is 0 Å². The van der Waals surface area contributed by atoms with Gasteiger partial charge in [0.05, 0.1) is 0 Å². The third-order valence-corrected chi connectivity index (χ3v) is 1.22. The van der Waals surface area contributed by atoms with Gasteiger partial charge in [-0.25, -0.2) is 0 Å². The highest BCUT2D eigenvalue weighted by atomic mass is 19.2. The first-order chi connectivity index (χ1) is 4.72. The zero-order valence-corrected chi connectivity index (χ0v) is 5.99. The molecular weight excluding hydrogens is 135 g/mol. The van der Waals surface area contributed by atoms with Gasteiger partial charge in [0.15, 0.2) is 0 Å². The van der Waals surface area contributed by atoms with E-state index >= 15 is 0 Å². The van der Waals surface area contributed by atoms with Gasteiger partial charge in [-0.1, -0.05) is 0 Å². The van der Waals surface area contributed by atoms with Gasteiger partial charge in [0.25, 0.3) is 0 Å². The first kappa shape index (κ1) is 9.20. The van der Waals surface area contributed by atoms with Crippen molar-refractivity contribution >= 4 is 7.83 Å². The van der Waals surface area contributed by atoms with Crippen LogP contribution < -0.4 is 0 Å². The lowest BCUT2D eigenvalue weighted by Gasteiger charge is -1.81. The first-order valence-electron chi connectivity index (χ1n) is 2.85. The van der Waals surface area contributed by atoms with Gasteiger partial charge in [0, 0.05) is 11.9 Å². The van der Waals surface area contributed by atoms with Crippen molar-refractivity contribution in [2.45, 2.75) is 13.8 Å². The maximum absolute atomic E-state index is 9.50. The molecule has 0 aliphatic carbocycles. The monoisotopic (exact) mass is 144 g/mol. The Kier molecular flexibility index (Phi) is 4.63. The second-order valence-corrected chi connectivity index (χ2v) is 1.87. The predicted octanol–water partition coefficient (Wildman–Crippen LogP) is 2.09. The zero-order chi connectivity index (χ0) is 7.98. The Bertz CT molecular complexity index is 160. The molecule has 1 aromatic heterocycles. The van der Waals surface area contributed by atoms with E-state index in [1.54, 1.807) is 0 Å². The predicted molar refractivity (Wildman–Crippen MR) is 38.2 cm³/mol. The fraction of sp³-hybridized carbons (Fsp3) is 0.333. The highest BCUT2D eigenvalue weighted by Crippen LogP contribution is 1.99. The van der Waals surface area contributed by atoms with E-state index in [4.69, 9.17) is 0 Å². The van der Waals surface area contributed by atoms with Gasteiger partial charge in [-0.3, -0.25) is 8.63 Å². The molecule has 0 unspecified atom stereocenters. The minimum atomic E-state index is -1.00. The highest BCUT2D eigenvalue weighted by Gasteiger charge is 1.85. The Balaban J connectivity index is 0.000000236. The van der Waals surface area contributed by atoms with E-state index in [1.807, 2.05) is 6.20 Å². The molecule has 1 nitrogen and oxygen atoms in total. The lowest BCUT2D eigenvalue weighted by atomic mass is 10.3.